The maximum Gasteiger partial charge on any atom is 0.224 e. The molecule has 0 aliphatic carbocycles. The summed E-state index contributed by atoms with van der Waals surface area (Å²) in [5.74, 6) is 0.680. The molecule has 0 aliphatic heterocycles. The molecule has 2 aromatic heterocycles. The molecule has 0 unspecified atom stereocenters. The smallest absolute Gasteiger partial charge is 0.224 e. The van der Waals surface area contributed by atoms with E-state index in [1.54, 1.807) is 19.6 Å². The largest absolute Gasteiger partial charge is 0.497 e. The molecule has 4 aromatic rings. The van der Waals surface area contributed by atoms with Crippen LogP contribution in [0.1, 0.15) is 16.7 Å². The average molecular weight is 375 g/mol. The van der Waals surface area contributed by atoms with Gasteiger partial charge in [0.25, 0.3) is 0 Å². The molecule has 0 radical (unpaired) electrons. The molecule has 0 saturated carbocycles. The Kier molecular flexibility index (Phi) is 5.10. The van der Waals surface area contributed by atoms with Crippen LogP contribution in [0.3, 0.4) is 0 Å². The Bertz CT molecular complexity index is 1080. The molecular weight excluding hydrogens is 354 g/mol. The zero-order valence-electron chi connectivity index (χ0n) is 15.6. The second-order valence-corrected chi connectivity index (χ2v) is 6.55. The van der Waals surface area contributed by atoms with Crippen LogP contribution in [0.25, 0.3) is 11.0 Å². The van der Waals surface area contributed by atoms with E-state index in [-0.39, 0.29) is 12.3 Å². The highest BCUT2D eigenvalue weighted by atomic mass is 16.5. The van der Waals surface area contributed by atoms with Crippen molar-refractivity contribution in [1.82, 2.24) is 15.1 Å². The maximum atomic E-state index is 12.5. The number of furan rings is 1. The average Bonchev–Trinajstić information content (AvgIpc) is 3.37. The van der Waals surface area contributed by atoms with Crippen LogP contribution >= 0.6 is 0 Å². The van der Waals surface area contributed by atoms with Crippen molar-refractivity contribution in [3.8, 4) is 5.75 Å². The second-order valence-electron chi connectivity index (χ2n) is 6.55. The van der Waals surface area contributed by atoms with Crippen molar-refractivity contribution in [1.29, 1.82) is 0 Å². The first-order valence-corrected chi connectivity index (χ1v) is 9.08. The van der Waals surface area contributed by atoms with Crippen molar-refractivity contribution in [2.24, 2.45) is 0 Å². The molecule has 6 nitrogen and oxygen atoms in total. The summed E-state index contributed by atoms with van der Waals surface area (Å²) >= 11 is 0. The number of hydrogen-bond acceptors (Lipinski definition) is 4. The lowest BCUT2D eigenvalue weighted by Gasteiger charge is -2.11. The molecule has 2 aromatic carbocycles. The van der Waals surface area contributed by atoms with E-state index in [0.29, 0.717) is 18.7 Å². The van der Waals surface area contributed by atoms with E-state index in [1.807, 2.05) is 53.3 Å². The molecule has 1 amide bonds. The van der Waals surface area contributed by atoms with E-state index in [1.165, 1.54) is 0 Å². The van der Waals surface area contributed by atoms with E-state index < -0.39 is 0 Å². The van der Waals surface area contributed by atoms with Crippen LogP contribution in [0, 0.1) is 0 Å². The van der Waals surface area contributed by atoms with Crippen molar-refractivity contribution in [2.45, 2.75) is 19.5 Å². The Morgan fingerprint density at radius 1 is 1.14 bits per heavy atom. The zero-order chi connectivity index (χ0) is 19.3. The minimum atomic E-state index is -0.0487. The van der Waals surface area contributed by atoms with Crippen molar-refractivity contribution in [3.63, 3.8) is 0 Å². The van der Waals surface area contributed by atoms with Gasteiger partial charge in [0.2, 0.25) is 5.91 Å². The summed E-state index contributed by atoms with van der Waals surface area (Å²) < 4.78 is 12.6. The van der Waals surface area contributed by atoms with Crippen molar-refractivity contribution in [2.75, 3.05) is 7.11 Å². The molecule has 0 saturated heterocycles. The summed E-state index contributed by atoms with van der Waals surface area (Å²) in [6.45, 7) is 1.15. The van der Waals surface area contributed by atoms with Crippen molar-refractivity contribution in [3.05, 3.63) is 83.9 Å². The molecule has 0 atom stereocenters. The number of benzene rings is 2. The molecule has 1 N–H and O–H groups in total. The lowest BCUT2D eigenvalue weighted by molar-refractivity contribution is -0.120. The minimum Gasteiger partial charge on any atom is -0.497 e. The summed E-state index contributed by atoms with van der Waals surface area (Å²) in [5, 5.41) is 8.18. The molecule has 142 valence electrons. The second kappa shape index (κ2) is 8.00. The van der Waals surface area contributed by atoms with Gasteiger partial charge in [0.1, 0.15) is 11.3 Å². The highest BCUT2D eigenvalue weighted by Crippen LogP contribution is 2.25. The zero-order valence-corrected chi connectivity index (χ0v) is 15.6. The summed E-state index contributed by atoms with van der Waals surface area (Å²) in [6, 6.07) is 15.6. The van der Waals surface area contributed by atoms with Gasteiger partial charge in [-0.15, -0.1) is 0 Å². The summed E-state index contributed by atoms with van der Waals surface area (Å²) in [4.78, 5) is 12.5. The number of nitrogens with one attached hydrogen (secondary N) is 1. The number of rotatable bonds is 7. The molecule has 2 heterocycles. The fourth-order valence-electron chi connectivity index (χ4n) is 3.21. The van der Waals surface area contributed by atoms with Gasteiger partial charge in [-0.1, -0.05) is 24.3 Å². The molecule has 0 fully saturated rings. The van der Waals surface area contributed by atoms with Gasteiger partial charge < -0.3 is 14.5 Å². The van der Waals surface area contributed by atoms with Gasteiger partial charge in [-0.05, 0) is 29.3 Å². The fourth-order valence-corrected chi connectivity index (χ4v) is 3.21. The van der Waals surface area contributed by atoms with Gasteiger partial charge in [0.15, 0.2) is 0 Å². The molecular formula is C22H21N3O3. The Morgan fingerprint density at radius 2 is 2.00 bits per heavy atom. The third-order valence-electron chi connectivity index (χ3n) is 4.70. The minimum absolute atomic E-state index is 0.0487. The van der Waals surface area contributed by atoms with Gasteiger partial charge in [-0.3, -0.25) is 9.48 Å². The van der Waals surface area contributed by atoms with E-state index in [4.69, 9.17) is 9.15 Å². The number of fused-ring (bicyclic) bond motifs is 1. The van der Waals surface area contributed by atoms with Crippen LogP contribution in [0.2, 0.25) is 0 Å². The number of carbonyl (C=O) groups excluding carboxylic acids is 1. The predicted octanol–water partition coefficient (Wildman–Crippen LogP) is 3.55. The Balaban J connectivity index is 1.41. The molecule has 6 heteroatoms. The van der Waals surface area contributed by atoms with Crippen molar-refractivity contribution < 1.29 is 13.9 Å². The van der Waals surface area contributed by atoms with Crippen LogP contribution in [0.4, 0.5) is 0 Å². The Morgan fingerprint density at radius 3 is 2.79 bits per heavy atom. The molecule has 4 rings (SSSR count). The fraction of sp³-hybridized carbons (Fsp3) is 0.182. The number of ether oxygens (including phenoxy) is 1. The monoisotopic (exact) mass is 375 g/mol. The van der Waals surface area contributed by atoms with E-state index in [0.717, 1.165) is 27.8 Å². The number of nitrogens with zero attached hydrogens (tertiary/aromatic N) is 2. The number of aromatic nitrogens is 2. The summed E-state index contributed by atoms with van der Waals surface area (Å²) in [6.07, 6.45) is 5.58. The molecule has 0 bridgehead atoms. The van der Waals surface area contributed by atoms with Crippen LogP contribution in [0.5, 0.6) is 5.75 Å². The van der Waals surface area contributed by atoms with Gasteiger partial charge in [-0.2, -0.15) is 5.10 Å². The summed E-state index contributed by atoms with van der Waals surface area (Å²) in [7, 11) is 1.61. The number of hydrogen-bond donors (Lipinski definition) is 1. The number of methoxy groups -OCH3 is 1. The SMILES string of the molecule is COc1ccc2c(CC(=O)NCc3ccccc3Cn3cccn3)coc2c1. The first kappa shape index (κ1) is 17.9. The van der Waals surface area contributed by atoms with Gasteiger partial charge >= 0.3 is 0 Å². The number of carbonyl (C=O) groups is 1. The van der Waals surface area contributed by atoms with Crippen LogP contribution in [-0.4, -0.2) is 22.8 Å². The van der Waals surface area contributed by atoms with E-state index in [2.05, 4.69) is 16.5 Å². The quantitative estimate of drug-likeness (QED) is 0.536. The lowest BCUT2D eigenvalue weighted by atomic mass is 10.1. The van der Waals surface area contributed by atoms with Crippen LogP contribution in [0.15, 0.2) is 71.6 Å². The topological polar surface area (TPSA) is 69.3 Å². The molecule has 0 spiro atoms. The van der Waals surface area contributed by atoms with Gasteiger partial charge in [0.05, 0.1) is 26.3 Å². The van der Waals surface area contributed by atoms with E-state index >= 15 is 0 Å². The third kappa shape index (κ3) is 3.91. The highest BCUT2D eigenvalue weighted by molar-refractivity contribution is 5.88. The van der Waals surface area contributed by atoms with Crippen molar-refractivity contribution >= 4 is 16.9 Å². The van der Waals surface area contributed by atoms with E-state index in [9.17, 15) is 4.79 Å². The highest BCUT2D eigenvalue weighted by Gasteiger charge is 2.12. The molecule has 28 heavy (non-hydrogen) atoms. The maximum absolute atomic E-state index is 12.5. The first-order chi connectivity index (χ1) is 13.7. The predicted molar refractivity (Wildman–Crippen MR) is 106 cm³/mol. The van der Waals surface area contributed by atoms with Crippen LogP contribution in [-0.2, 0) is 24.3 Å². The third-order valence-corrected chi connectivity index (χ3v) is 4.70. The molecule has 0 aliphatic rings. The Labute approximate surface area is 162 Å². The van der Waals surface area contributed by atoms with Gasteiger partial charge in [0, 0.05) is 36.0 Å². The number of amides is 1. The van der Waals surface area contributed by atoms with Crippen LogP contribution < -0.4 is 10.1 Å². The lowest BCUT2D eigenvalue weighted by Crippen LogP contribution is -2.25. The standard InChI is InChI=1S/C22H21N3O3/c1-27-19-7-8-20-18(15-28-21(20)12-19)11-22(26)23-13-16-5-2-3-6-17(16)14-25-10-4-9-24-25/h2-10,12,15H,11,13-14H2,1H3,(H,23,26). The summed E-state index contributed by atoms with van der Waals surface area (Å²) in [5.41, 5.74) is 3.78. The normalized spacial score (nSPS) is 10.9. The van der Waals surface area contributed by atoms with Gasteiger partial charge in [-0.25, -0.2) is 0 Å². The Hall–Kier alpha value is -3.54. The first-order valence-electron chi connectivity index (χ1n) is 9.08.